The van der Waals surface area contributed by atoms with Gasteiger partial charge in [-0.3, -0.25) is 9.59 Å². The minimum atomic E-state index is -0.983. The van der Waals surface area contributed by atoms with E-state index in [0.29, 0.717) is 0 Å². The molecule has 0 aliphatic heterocycles. The molecule has 0 aromatic heterocycles. The Kier molecular flexibility index (Phi) is 17.2. The Bertz CT molecular complexity index is 248. The van der Waals surface area contributed by atoms with Gasteiger partial charge in [0, 0.05) is 18.9 Å². The molecule has 0 atom stereocenters. The zero-order valence-electron chi connectivity index (χ0n) is 11.0. The molecule has 1 N–H and O–H groups in total. The Morgan fingerprint density at radius 2 is 1.80 bits per heavy atom. The number of aliphatic carboxylic acids is 1. The quantitative estimate of drug-likeness (QED) is 0.222. The molecule has 15 heavy (non-hydrogen) atoms. The summed E-state index contributed by atoms with van der Waals surface area (Å²) in [4.78, 5) is 31.2. The van der Waals surface area contributed by atoms with E-state index >= 15 is 0 Å². The number of hydrogen-bond donors (Lipinski definition) is 1. The molecule has 0 amide bonds. The van der Waals surface area contributed by atoms with Crippen LogP contribution < -0.4 is 59.1 Å². The van der Waals surface area contributed by atoms with E-state index in [1.54, 1.807) is 0 Å². The third kappa shape index (κ3) is 14.4. The number of ether oxygens (including phenoxy) is 1. The molecule has 0 fully saturated rings. The summed E-state index contributed by atoms with van der Waals surface area (Å²) in [7, 11) is 0. The first-order valence-electron chi connectivity index (χ1n) is 3.65. The Hall–Kier alpha value is 0.350. The van der Waals surface area contributed by atoms with Crippen molar-refractivity contribution in [1.29, 1.82) is 0 Å². The molecule has 0 bridgehead atoms. The van der Waals surface area contributed by atoms with Crippen LogP contribution in [0.3, 0.4) is 0 Å². The molecule has 0 unspecified atom stereocenters. The topological polar surface area (TPSA) is 80.7 Å². The van der Waals surface area contributed by atoms with Gasteiger partial charge in [0.1, 0.15) is 0 Å². The van der Waals surface area contributed by atoms with Gasteiger partial charge >= 0.3 is 77.0 Å². The number of carboxylic acid groups (broad SMARTS) is 1. The Morgan fingerprint density at radius 1 is 1.27 bits per heavy atom. The van der Waals surface area contributed by atoms with Crippen molar-refractivity contribution < 1.29 is 86.2 Å². The fourth-order valence-corrected chi connectivity index (χ4v) is 0.589. The van der Waals surface area contributed by atoms with Gasteiger partial charge in [0.15, 0.2) is 0 Å². The van der Waals surface area contributed by atoms with E-state index in [-0.39, 0.29) is 81.2 Å². The summed E-state index contributed by atoms with van der Waals surface area (Å²) in [5, 5.41) is 8.22. The van der Waals surface area contributed by atoms with Crippen LogP contribution in [0.1, 0.15) is 22.1 Å². The summed E-state index contributed by atoms with van der Waals surface area (Å²) in [6.45, 7) is 3.10. The molecule has 0 aromatic rings. The van der Waals surface area contributed by atoms with Crippen molar-refractivity contribution in [2.45, 2.75) is 19.3 Å². The number of rotatable bonds is 5. The van der Waals surface area contributed by atoms with Gasteiger partial charge in [-0.05, 0) is 6.42 Å². The fraction of sp³-hybridized carbons (Fsp3) is 0.375. The van der Waals surface area contributed by atoms with Crippen molar-refractivity contribution in [2.24, 2.45) is 0 Å². The van der Waals surface area contributed by atoms with Crippen molar-refractivity contribution in [3.63, 3.8) is 0 Å². The molecule has 0 aromatic carbocycles. The van der Waals surface area contributed by atoms with Crippen molar-refractivity contribution in [3.05, 3.63) is 12.7 Å². The number of hydrogen-bond acceptors (Lipinski definition) is 4. The van der Waals surface area contributed by atoms with Crippen LogP contribution in [0, 0.1) is 0 Å². The predicted octanol–water partition coefficient (Wildman–Crippen LogP) is -5.27. The first-order valence-corrected chi connectivity index (χ1v) is 3.65. The standard InChI is InChI=1S/C8H10O5.2Na.2H/c1-2-7(11)13-8(12)5-3-4-6(9)10;;;;/h2H,1,3-5H2,(H,9,10);;;;/q;2*+1;2*-1. The largest absolute Gasteiger partial charge is 1.00 e. The summed E-state index contributed by atoms with van der Waals surface area (Å²) < 4.78 is 4.19. The first kappa shape index (κ1) is 20.7. The molecule has 0 rings (SSSR count). The van der Waals surface area contributed by atoms with Crippen molar-refractivity contribution >= 4 is 17.9 Å². The van der Waals surface area contributed by atoms with Crippen molar-refractivity contribution in [3.8, 4) is 0 Å². The van der Waals surface area contributed by atoms with Crippen LogP contribution in [0.2, 0.25) is 0 Å². The van der Waals surface area contributed by atoms with Gasteiger partial charge in [-0.1, -0.05) is 6.58 Å². The summed E-state index contributed by atoms with van der Waals surface area (Å²) in [6.07, 6.45) is 0.844. The average Bonchev–Trinajstić information content (AvgIpc) is 2.03. The van der Waals surface area contributed by atoms with E-state index < -0.39 is 17.9 Å². The first-order chi connectivity index (χ1) is 6.06. The van der Waals surface area contributed by atoms with Crippen LogP contribution in [0.25, 0.3) is 0 Å². The molecule has 7 heteroatoms. The van der Waals surface area contributed by atoms with Crippen LogP contribution in [-0.4, -0.2) is 23.0 Å². The molecule has 0 aliphatic carbocycles. The van der Waals surface area contributed by atoms with Gasteiger partial charge in [-0.15, -0.1) is 0 Å². The van der Waals surface area contributed by atoms with Gasteiger partial charge in [-0.2, -0.15) is 0 Å². The summed E-state index contributed by atoms with van der Waals surface area (Å²) in [5.74, 6) is -2.53. The smallest absolute Gasteiger partial charge is 1.00 e. The zero-order chi connectivity index (χ0) is 10.3. The molecular formula is C8H12Na2O5. The Balaban J connectivity index is -0.000000120. The van der Waals surface area contributed by atoms with Crippen LogP contribution in [0.5, 0.6) is 0 Å². The van der Waals surface area contributed by atoms with Gasteiger partial charge in [0.05, 0.1) is 0 Å². The zero-order valence-corrected chi connectivity index (χ0v) is 13.0. The second kappa shape index (κ2) is 12.4. The molecule has 0 heterocycles. The second-order valence-electron chi connectivity index (χ2n) is 2.24. The van der Waals surface area contributed by atoms with Gasteiger partial charge in [0.25, 0.3) is 0 Å². The maximum atomic E-state index is 10.7. The molecule has 0 saturated carbocycles. The van der Waals surface area contributed by atoms with Crippen LogP contribution in [0.15, 0.2) is 12.7 Å². The number of esters is 2. The molecule has 0 saturated heterocycles. The third-order valence-corrected chi connectivity index (χ3v) is 1.15. The van der Waals surface area contributed by atoms with E-state index in [4.69, 9.17) is 5.11 Å². The monoisotopic (exact) mass is 234 g/mol. The Morgan fingerprint density at radius 3 is 2.20 bits per heavy atom. The van der Waals surface area contributed by atoms with Crippen LogP contribution >= 0.6 is 0 Å². The average molecular weight is 234 g/mol. The third-order valence-electron chi connectivity index (χ3n) is 1.15. The summed E-state index contributed by atoms with van der Waals surface area (Å²) in [6, 6.07) is 0. The van der Waals surface area contributed by atoms with E-state index in [0.717, 1.165) is 6.08 Å². The van der Waals surface area contributed by atoms with Crippen LogP contribution in [-0.2, 0) is 19.1 Å². The van der Waals surface area contributed by atoms with Crippen molar-refractivity contribution in [2.75, 3.05) is 0 Å². The predicted molar refractivity (Wildman–Crippen MR) is 45.0 cm³/mol. The van der Waals surface area contributed by atoms with Gasteiger partial charge < -0.3 is 12.7 Å². The van der Waals surface area contributed by atoms with Crippen molar-refractivity contribution in [1.82, 2.24) is 0 Å². The molecule has 76 valence electrons. The summed E-state index contributed by atoms with van der Waals surface area (Å²) >= 11 is 0. The van der Waals surface area contributed by atoms with E-state index in [1.807, 2.05) is 0 Å². The number of carboxylic acids is 1. The van der Waals surface area contributed by atoms with Gasteiger partial charge in [0.2, 0.25) is 0 Å². The number of carbonyl (C=O) groups is 3. The molecule has 0 aliphatic rings. The minimum Gasteiger partial charge on any atom is -1.00 e. The van der Waals surface area contributed by atoms with Gasteiger partial charge in [-0.25, -0.2) is 4.79 Å². The molecule has 0 spiro atoms. The second-order valence-corrected chi connectivity index (χ2v) is 2.24. The van der Waals surface area contributed by atoms with E-state index in [2.05, 4.69) is 11.3 Å². The van der Waals surface area contributed by atoms with E-state index in [1.165, 1.54) is 0 Å². The minimum absolute atomic E-state index is 0. The SMILES string of the molecule is C=CC(=O)OC(=O)CCCC(=O)O.[H-].[H-].[Na+].[Na+]. The molecule has 0 radical (unpaired) electrons. The fourth-order valence-electron chi connectivity index (χ4n) is 0.589. The maximum absolute atomic E-state index is 10.7. The molecular weight excluding hydrogens is 222 g/mol. The molecule has 5 nitrogen and oxygen atoms in total. The van der Waals surface area contributed by atoms with Crippen LogP contribution in [0.4, 0.5) is 0 Å². The van der Waals surface area contributed by atoms with E-state index in [9.17, 15) is 14.4 Å². The normalized spacial score (nSPS) is 7.73. The number of carbonyl (C=O) groups excluding carboxylic acids is 2. The summed E-state index contributed by atoms with van der Waals surface area (Å²) in [5.41, 5.74) is 0. The maximum Gasteiger partial charge on any atom is 1.00 e. The Labute approximate surface area is 135 Å².